The van der Waals surface area contributed by atoms with Crippen molar-refractivity contribution in [2.24, 2.45) is 7.05 Å². The van der Waals surface area contributed by atoms with Crippen LogP contribution in [-0.2, 0) is 13.5 Å². The first-order valence-electron chi connectivity index (χ1n) is 6.28. The first kappa shape index (κ1) is 15.1. The standard InChI is InChI=1S/C14H15BrClN3O/c1-19-14(20)13(15)12(9-18-19)17-8-2-3-10-4-6-11(16)7-5-10/h4-7,9,17H,2-3,8H2,1H3. The van der Waals surface area contributed by atoms with Gasteiger partial charge in [-0.1, -0.05) is 23.7 Å². The van der Waals surface area contributed by atoms with Gasteiger partial charge in [-0.05, 0) is 46.5 Å². The maximum absolute atomic E-state index is 11.7. The zero-order valence-corrected chi connectivity index (χ0v) is 13.4. The normalized spacial score (nSPS) is 10.6. The van der Waals surface area contributed by atoms with Crippen LogP contribution >= 0.6 is 27.5 Å². The Bertz CT molecular complexity index is 640. The van der Waals surface area contributed by atoms with Crippen LogP contribution in [0.2, 0.25) is 5.02 Å². The predicted molar refractivity (Wildman–Crippen MR) is 85.4 cm³/mol. The van der Waals surface area contributed by atoms with Crippen molar-refractivity contribution in [2.75, 3.05) is 11.9 Å². The van der Waals surface area contributed by atoms with Gasteiger partial charge in [0.2, 0.25) is 0 Å². The molecule has 0 spiro atoms. The highest BCUT2D eigenvalue weighted by Crippen LogP contribution is 2.16. The third kappa shape index (κ3) is 3.84. The number of nitrogens with one attached hydrogen (secondary N) is 1. The zero-order valence-electron chi connectivity index (χ0n) is 11.1. The Labute approximate surface area is 130 Å². The summed E-state index contributed by atoms with van der Waals surface area (Å²) < 4.78 is 1.81. The van der Waals surface area contributed by atoms with Gasteiger partial charge in [0.1, 0.15) is 4.47 Å². The van der Waals surface area contributed by atoms with Gasteiger partial charge in [-0.15, -0.1) is 0 Å². The van der Waals surface area contributed by atoms with Crippen molar-refractivity contribution in [1.29, 1.82) is 0 Å². The summed E-state index contributed by atoms with van der Waals surface area (Å²) in [6.07, 6.45) is 3.57. The average molecular weight is 357 g/mol. The summed E-state index contributed by atoms with van der Waals surface area (Å²) in [6.45, 7) is 0.774. The van der Waals surface area contributed by atoms with Crippen molar-refractivity contribution in [3.05, 3.63) is 55.9 Å². The van der Waals surface area contributed by atoms with Crippen molar-refractivity contribution in [3.63, 3.8) is 0 Å². The maximum Gasteiger partial charge on any atom is 0.282 e. The Morgan fingerprint density at radius 3 is 2.75 bits per heavy atom. The van der Waals surface area contributed by atoms with Crippen molar-refractivity contribution in [3.8, 4) is 0 Å². The molecule has 0 saturated heterocycles. The van der Waals surface area contributed by atoms with Crippen molar-refractivity contribution in [1.82, 2.24) is 9.78 Å². The molecule has 6 heteroatoms. The zero-order chi connectivity index (χ0) is 14.5. The fourth-order valence-electron chi connectivity index (χ4n) is 1.80. The van der Waals surface area contributed by atoms with Gasteiger partial charge >= 0.3 is 0 Å². The number of hydrogen-bond acceptors (Lipinski definition) is 3. The van der Waals surface area contributed by atoms with E-state index in [-0.39, 0.29) is 5.56 Å². The molecule has 0 aliphatic rings. The molecule has 0 aliphatic heterocycles. The lowest BCUT2D eigenvalue weighted by atomic mass is 10.1. The lowest BCUT2D eigenvalue weighted by Gasteiger charge is -2.08. The Hall–Kier alpha value is -1.33. The highest BCUT2D eigenvalue weighted by atomic mass is 79.9. The number of rotatable bonds is 5. The topological polar surface area (TPSA) is 46.9 Å². The van der Waals surface area contributed by atoms with Gasteiger partial charge < -0.3 is 5.32 Å². The van der Waals surface area contributed by atoms with E-state index in [9.17, 15) is 4.79 Å². The number of nitrogens with zero attached hydrogens (tertiary/aromatic N) is 2. The molecule has 0 saturated carbocycles. The number of halogens is 2. The minimum absolute atomic E-state index is 0.146. The number of benzene rings is 1. The van der Waals surface area contributed by atoms with E-state index in [1.54, 1.807) is 13.2 Å². The third-order valence-electron chi connectivity index (χ3n) is 2.95. The molecule has 2 aromatic rings. The molecule has 0 aliphatic carbocycles. The molecular weight excluding hydrogens is 342 g/mol. The molecule has 20 heavy (non-hydrogen) atoms. The highest BCUT2D eigenvalue weighted by molar-refractivity contribution is 9.10. The van der Waals surface area contributed by atoms with E-state index in [0.717, 1.165) is 30.1 Å². The third-order valence-corrected chi connectivity index (χ3v) is 3.97. The van der Waals surface area contributed by atoms with Gasteiger partial charge in [0.05, 0.1) is 11.9 Å². The molecule has 0 fully saturated rings. The van der Waals surface area contributed by atoms with Gasteiger partial charge in [-0.2, -0.15) is 5.10 Å². The van der Waals surface area contributed by atoms with E-state index in [4.69, 9.17) is 11.6 Å². The van der Waals surface area contributed by atoms with Crippen LogP contribution in [0.1, 0.15) is 12.0 Å². The summed E-state index contributed by atoms with van der Waals surface area (Å²) in [7, 11) is 1.62. The molecule has 2 rings (SSSR count). The predicted octanol–water partition coefficient (Wildman–Crippen LogP) is 3.24. The van der Waals surface area contributed by atoms with Crippen LogP contribution in [0.5, 0.6) is 0 Å². The number of hydrogen-bond donors (Lipinski definition) is 1. The quantitative estimate of drug-likeness (QED) is 0.837. The van der Waals surface area contributed by atoms with Gasteiger partial charge in [-0.3, -0.25) is 4.79 Å². The van der Waals surface area contributed by atoms with Crippen LogP contribution in [0, 0.1) is 0 Å². The molecule has 0 radical (unpaired) electrons. The van der Waals surface area contributed by atoms with Crippen molar-refractivity contribution < 1.29 is 0 Å². The minimum Gasteiger partial charge on any atom is -0.383 e. The molecule has 1 N–H and O–H groups in total. The maximum atomic E-state index is 11.7. The molecule has 106 valence electrons. The largest absolute Gasteiger partial charge is 0.383 e. The summed E-state index contributed by atoms with van der Waals surface area (Å²) in [5.74, 6) is 0. The van der Waals surface area contributed by atoms with Gasteiger partial charge in [-0.25, -0.2) is 4.68 Å². The second-order valence-corrected chi connectivity index (χ2v) is 5.69. The van der Waals surface area contributed by atoms with E-state index in [1.807, 2.05) is 24.3 Å². The lowest BCUT2D eigenvalue weighted by Crippen LogP contribution is -2.21. The Balaban J connectivity index is 1.86. The monoisotopic (exact) mass is 355 g/mol. The average Bonchev–Trinajstić information content (AvgIpc) is 2.45. The van der Waals surface area contributed by atoms with E-state index >= 15 is 0 Å². The molecule has 1 heterocycles. The summed E-state index contributed by atoms with van der Waals surface area (Å²) in [4.78, 5) is 11.7. The second kappa shape index (κ2) is 6.90. The molecule has 0 atom stereocenters. The first-order chi connectivity index (χ1) is 9.58. The number of anilines is 1. The second-order valence-electron chi connectivity index (χ2n) is 4.46. The highest BCUT2D eigenvalue weighted by Gasteiger charge is 2.05. The molecule has 0 bridgehead atoms. The van der Waals surface area contributed by atoms with Crippen LogP contribution in [-0.4, -0.2) is 16.3 Å². The molecule has 0 unspecified atom stereocenters. The minimum atomic E-state index is -0.146. The Morgan fingerprint density at radius 1 is 1.35 bits per heavy atom. The molecular formula is C14H15BrClN3O. The number of aromatic nitrogens is 2. The molecule has 1 aromatic carbocycles. The summed E-state index contributed by atoms with van der Waals surface area (Å²) in [6, 6.07) is 7.84. The van der Waals surface area contributed by atoms with Gasteiger partial charge in [0.15, 0.2) is 0 Å². The van der Waals surface area contributed by atoms with Crippen LogP contribution in [0.4, 0.5) is 5.69 Å². The Kier molecular flexibility index (Phi) is 5.20. The lowest BCUT2D eigenvalue weighted by molar-refractivity contribution is 0.702. The molecule has 4 nitrogen and oxygen atoms in total. The number of aryl methyl sites for hydroxylation is 2. The van der Waals surface area contributed by atoms with Crippen molar-refractivity contribution in [2.45, 2.75) is 12.8 Å². The van der Waals surface area contributed by atoms with Crippen LogP contribution < -0.4 is 10.9 Å². The summed E-state index contributed by atoms with van der Waals surface area (Å²) in [5, 5.41) is 7.95. The van der Waals surface area contributed by atoms with E-state index < -0.39 is 0 Å². The van der Waals surface area contributed by atoms with Crippen LogP contribution in [0.15, 0.2) is 39.7 Å². The Morgan fingerprint density at radius 2 is 2.05 bits per heavy atom. The first-order valence-corrected chi connectivity index (χ1v) is 7.45. The summed E-state index contributed by atoms with van der Waals surface area (Å²) in [5.41, 5.74) is 1.83. The van der Waals surface area contributed by atoms with Crippen molar-refractivity contribution >= 4 is 33.2 Å². The van der Waals surface area contributed by atoms with Gasteiger partial charge in [0, 0.05) is 18.6 Å². The van der Waals surface area contributed by atoms with Gasteiger partial charge in [0.25, 0.3) is 5.56 Å². The smallest absolute Gasteiger partial charge is 0.282 e. The van der Waals surface area contributed by atoms with Crippen LogP contribution in [0.3, 0.4) is 0 Å². The summed E-state index contributed by atoms with van der Waals surface area (Å²) >= 11 is 9.13. The SMILES string of the molecule is Cn1ncc(NCCCc2ccc(Cl)cc2)c(Br)c1=O. The molecule has 0 amide bonds. The fourth-order valence-corrected chi connectivity index (χ4v) is 2.43. The van der Waals surface area contributed by atoms with E-state index in [0.29, 0.717) is 4.47 Å². The van der Waals surface area contributed by atoms with E-state index in [1.165, 1.54) is 10.2 Å². The van der Waals surface area contributed by atoms with E-state index in [2.05, 4.69) is 26.3 Å². The molecule has 1 aromatic heterocycles. The van der Waals surface area contributed by atoms with Crippen LogP contribution in [0.25, 0.3) is 0 Å². The fraction of sp³-hybridized carbons (Fsp3) is 0.286.